The van der Waals surface area contributed by atoms with E-state index in [2.05, 4.69) is 0 Å². The number of anilines is 1. The molecule has 2 nitrogen and oxygen atoms in total. The maximum Gasteiger partial charge on any atom is 0.327 e. The molecule has 0 aliphatic rings. The van der Waals surface area contributed by atoms with E-state index >= 15 is 0 Å². The lowest BCUT2D eigenvalue weighted by atomic mass is 10.1. The van der Waals surface area contributed by atoms with E-state index in [0.29, 0.717) is 0 Å². The van der Waals surface area contributed by atoms with Gasteiger partial charge < -0.3 is 5.73 Å². The van der Waals surface area contributed by atoms with E-state index in [1.807, 2.05) is 0 Å². The number of halogens is 2. The lowest BCUT2D eigenvalue weighted by molar-refractivity contribution is -0.130. The molecular weight excluding hydrogens is 164 g/mol. The molecule has 0 aromatic heterocycles. The Labute approximate surface area is 68.0 Å². The maximum absolute atomic E-state index is 12.6. The number of nitrogens with two attached hydrogens (primary N) is 1. The van der Waals surface area contributed by atoms with Gasteiger partial charge in [-0.2, -0.15) is 8.78 Å². The Balaban J connectivity index is 3.11. The summed E-state index contributed by atoms with van der Waals surface area (Å²) in [6, 6.07) is 5.09. The molecule has 1 rings (SSSR count). The summed E-state index contributed by atoms with van der Waals surface area (Å²) in [7, 11) is 0. The highest BCUT2D eigenvalue weighted by Gasteiger charge is 2.30. The Bertz CT molecular complexity index is 299. The third kappa shape index (κ3) is 1.58. The van der Waals surface area contributed by atoms with Gasteiger partial charge in [0.1, 0.15) is 0 Å². The van der Waals surface area contributed by atoms with E-state index in [4.69, 9.17) is 5.73 Å². The van der Waals surface area contributed by atoms with Crippen molar-refractivity contribution in [1.29, 1.82) is 0 Å². The summed E-state index contributed by atoms with van der Waals surface area (Å²) in [6.07, 6.45) is -0.401. The van der Waals surface area contributed by atoms with E-state index in [-0.39, 0.29) is 11.3 Å². The van der Waals surface area contributed by atoms with Gasteiger partial charge in [0.15, 0.2) is 6.29 Å². The van der Waals surface area contributed by atoms with Crippen LogP contribution in [0.5, 0.6) is 0 Å². The standard InChI is InChI=1S/C8H7F2NO/c9-8(10,5-12)6-2-1-3-7(11)4-6/h1-5H,11H2. The highest BCUT2D eigenvalue weighted by atomic mass is 19.3. The predicted octanol–water partition coefficient (Wildman–Crippen LogP) is 1.56. The van der Waals surface area contributed by atoms with Gasteiger partial charge in [-0.3, -0.25) is 4.79 Å². The fourth-order valence-electron chi connectivity index (χ4n) is 0.814. The fourth-order valence-corrected chi connectivity index (χ4v) is 0.814. The first-order valence-corrected chi connectivity index (χ1v) is 3.26. The van der Waals surface area contributed by atoms with Crippen LogP contribution < -0.4 is 5.73 Å². The molecule has 0 amide bonds. The van der Waals surface area contributed by atoms with Gasteiger partial charge in [0.2, 0.25) is 0 Å². The van der Waals surface area contributed by atoms with Gasteiger partial charge in [-0.25, -0.2) is 0 Å². The van der Waals surface area contributed by atoms with E-state index < -0.39 is 12.2 Å². The van der Waals surface area contributed by atoms with Gasteiger partial charge >= 0.3 is 5.92 Å². The van der Waals surface area contributed by atoms with Crippen molar-refractivity contribution in [3.63, 3.8) is 0 Å². The molecule has 0 atom stereocenters. The maximum atomic E-state index is 12.6. The van der Waals surface area contributed by atoms with Crippen LogP contribution in [0.2, 0.25) is 0 Å². The lowest BCUT2D eigenvalue weighted by Crippen LogP contribution is -2.14. The molecule has 0 saturated carbocycles. The Morgan fingerprint density at radius 3 is 2.58 bits per heavy atom. The quantitative estimate of drug-likeness (QED) is 0.542. The summed E-state index contributed by atoms with van der Waals surface area (Å²) >= 11 is 0. The molecule has 0 aliphatic carbocycles. The molecular formula is C8H7F2NO. The van der Waals surface area contributed by atoms with Crippen molar-refractivity contribution in [2.75, 3.05) is 5.73 Å². The average molecular weight is 171 g/mol. The van der Waals surface area contributed by atoms with Crippen LogP contribution in [0, 0.1) is 0 Å². The summed E-state index contributed by atoms with van der Waals surface area (Å²) in [5, 5.41) is 0. The summed E-state index contributed by atoms with van der Waals surface area (Å²) in [6.45, 7) is 0. The van der Waals surface area contributed by atoms with Crippen molar-refractivity contribution >= 4 is 12.0 Å². The van der Waals surface area contributed by atoms with Crippen LogP contribution in [0.15, 0.2) is 24.3 Å². The SMILES string of the molecule is Nc1cccc(C(F)(F)C=O)c1. The summed E-state index contributed by atoms with van der Waals surface area (Å²) in [5.41, 5.74) is 5.10. The van der Waals surface area contributed by atoms with Gasteiger partial charge in [-0.1, -0.05) is 12.1 Å². The van der Waals surface area contributed by atoms with Gasteiger partial charge in [0, 0.05) is 11.3 Å². The van der Waals surface area contributed by atoms with Gasteiger partial charge in [-0.15, -0.1) is 0 Å². The van der Waals surface area contributed by atoms with Crippen LogP contribution in [0.25, 0.3) is 0 Å². The third-order valence-corrected chi connectivity index (χ3v) is 1.42. The molecule has 0 radical (unpaired) electrons. The lowest BCUT2D eigenvalue weighted by Gasteiger charge is -2.08. The first-order valence-electron chi connectivity index (χ1n) is 3.26. The molecule has 64 valence electrons. The van der Waals surface area contributed by atoms with Crippen LogP contribution in [-0.2, 0) is 10.7 Å². The van der Waals surface area contributed by atoms with Gasteiger partial charge in [0.25, 0.3) is 0 Å². The molecule has 2 N–H and O–H groups in total. The minimum Gasteiger partial charge on any atom is -0.399 e. The second kappa shape index (κ2) is 2.89. The molecule has 12 heavy (non-hydrogen) atoms. The van der Waals surface area contributed by atoms with Crippen molar-refractivity contribution in [3.8, 4) is 0 Å². The van der Waals surface area contributed by atoms with Crippen molar-refractivity contribution < 1.29 is 13.6 Å². The van der Waals surface area contributed by atoms with Crippen molar-refractivity contribution in [2.45, 2.75) is 5.92 Å². The number of alkyl halides is 2. The number of benzene rings is 1. The molecule has 0 aliphatic heterocycles. The molecule has 4 heteroatoms. The highest BCUT2D eigenvalue weighted by Crippen LogP contribution is 2.26. The zero-order valence-electron chi connectivity index (χ0n) is 6.13. The molecule has 0 fully saturated rings. The number of rotatable bonds is 2. The molecule has 1 aromatic carbocycles. The number of hydrogen-bond acceptors (Lipinski definition) is 2. The first-order chi connectivity index (χ1) is 5.56. The number of aldehydes is 1. The topological polar surface area (TPSA) is 43.1 Å². The zero-order valence-corrected chi connectivity index (χ0v) is 6.13. The van der Waals surface area contributed by atoms with Crippen molar-refractivity contribution in [1.82, 2.24) is 0 Å². The second-order valence-electron chi connectivity index (χ2n) is 2.37. The average Bonchev–Trinajstić information content (AvgIpc) is 2.05. The van der Waals surface area contributed by atoms with E-state index in [0.717, 1.165) is 12.1 Å². The van der Waals surface area contributed by atoms with Crippen LogP contribution >= 0.6 is 0 Å². The number of hydrogen-bond donors (Lipinski definition) is 1. The number of carbonyl (C=O) groups excluding carboxylic acids is 1. The highest BCUT2D eigenvalue weighted by molar-refractivity contribution is 5.64. The summed E-state index contributed by atoms with van der Waals surface area (Å²) in [5.74, 6) is -3.44. The van der Waals surface area contributed by atoms with Crippen molar-refractivity contribution in [2.24, 2.45) is 0 Å². The van der Waals surface area contributed by atoms with Crippen LogP contribution in [0.1, 0.15) is 5.56 Å². The Kier molecular flexibility index (Phi) is 2.08. The zero-order chi connectivity index (χ0) is 9.19. The third-order valence-electron chi connectivity index (χ3n) is 1.42. The molecule has 0 unspecified atom stereocenters. The van der Waals surface area contributed by atoms with Crippen molar-refractivity contribution in [3.05, 3.63) is 29.8 Å². The molecule has 0 saturated heterocycles. The van der Waals surface area contributed by atoms with E-state index in [1.165, 1.54) is 12.1 Å². The summed E-state index contributed by atoms with van der Waals surface area (Å²) < 4.78 is 25.3. The first kappa shape index (κ1) is 8.64. The molecule has 0 spiro atoms. The fraction of sp³-hybridized carbons (Fsp3) is 0.125. The minimum absolute atomic E-state index is 0.217. The van der Waals surface area contributed by atoms with Crippen LogP contribution in [0.4, 0.5) is 14.5 Å². The van der Waals surface area contributed by atoms with Gasteiger partial charge in [0.05, 0.1) is 0 Å². The number of nitrogen functional groups attached to an aromatic ring is 1. The number of carbonyl (C=O) groups is 1. The molecule has 0 bridgehead atoms. The minimum atomic E-state index is -3.44. The predicted molar refractivity (Wildman–Crippen MR) is 40.8 cm³/mol. The Hall–Kier alpha value is -1.45. The van der Waals surface area contributed by atoms with Gasteiger partial charge in [-0.05, 0) is 12.1 Å². The Morgan fingerprint density at radius 1 is 1.42 bits per heavy atom. The van der Waals surface area contributed by atoms with Crippen LogP contribution in [0.3, 0.4) is 0 Å². The molecule has 0 heterocycles. The normalized spacial score (nSPS) is 11.2. The largest absolute Gasteiger partial charge is 0.399 e. The Morgan fingerprint density at radius 2 is 2.08 bits per heavy atom. The molecule has 1 aromatic rings. The van der Waals surface area contributed by atoms with E-state index in [9.17, 15) is 13.6 Å². The smallest absolute Gasteiger partial charge is 0.327 e. The second-order valence-corrected chi connectivity index (χ2v) is 2.37. The van der Waals surface area contributed by atoms with Crippen LogP contribution in [-0.4, -0.2) is 6.29 Å². The monoisotopic (exact) mass is 171 g/mol. The van der Waals surface area contributed by atoms with E-state index in [1.54, 1.807) is 0 Å². The summed E-state index contributed by atoms with van der Waals surface area (Å²) in [4.78, 5) is 9.95.